The molecule has 0 saturated carbocycles. The number of fused-ring (bicyclic) bond motifs is 1. The van der Waals surface area contributed by atoms with Crippen molar-refractivity contribution in [1.29, 1.82) is 0 Å². The van der Waals surface area contributed by atoms with Crippen LogP contribution in [0.5, 0.6) is 0 Å². The molecular formula is C22H33N9O2. The Balaban J connectivity index is 1.38. The highest BCUT2D eigenvalue weighted by atomic mass is 16.2. The number of rotatable bonds is 4. The first-order valence-electron chi connectivity index (χ1n) is 11.8. The van der Waals surface area contributed by atoms with Crippen molar-refractivity contribution in [3.05, 3.63) is 23.5 Å². The van der Waals surface area contributed by atoms with Gasteiger partial charge in [0.15, 0.2) is 5.65 Å². The van der Waals surface area contributed by atoms with Crippen molar-refractivity contribution >= 4 is 23.3 Å². The maximum absolute atomic E-state index is 13.4. The molecule has 5 N–H and O–H groups in total. The van der Waals surface area contributed by atoms with E-state index in [4.69, 9.17) is 15.8 Å². The van der Waals surface area contributed by atoms with Crippen LogP contribution < -0.4 is 26.6 Å². The number of likely N-dealkylation sites (tertiary alicyclic amines) is 1. The van der Waals surface area contributed by atoms with Crippen LogP contribution >= 0.6 is 0 Å². The number of nitrogens with zero attached hydrogens (tertiary/aromatic N) is 5. The lowest BCUT2D eigenvalue weighted by atomic mass is 9.98. The minimum atomic E-state index is -0.549. The lowest BCUT2D eigenvalue weighted by Crippen LogP contribution is -2.51. The lowest BCUT2D eigenvalue weighted by Gasteiger charge is -2.36. The fourth-order valence-electron chi connectivity index (χ4n) is 5.21. The molecular weight excluding hydrogens is 422 g/mol. The molecule has 178 valence electrons. The second-order valence-corrected chi connectivity index (χ2v) is 9.33. The summed E-state index contributed by atoms with van der Waals surface area (Å²) in [6.45, 7) is 4.88. The van der Waals surface area contributed by atoms with Crippen molar-refractivity contribution in [1.82, 2.24) is 35.4 Å². The fraction of sp³-hybridized carbons (Fsp3) is 0.636. The highest BCUT2D eigenvalue weighted by Gasteiger charge is 2.38. The number of carbonyl (C=O) groups is 2. The van der Waals surface area contributed by atoms with E-state index in [0.717, 1.165) is 61.5 Å². The molecule has 5 rings (SSSR count). The van der Waals surface area contributed by atoms with Gasteiger partial charge in [-0.15, -0.1) is 0 Å². The number of aryl methyl sites for hydroxylation is 1. The molecule has 0 spiro atoms. The van der Waals surface area contributed by atoms with Crippen LogP contribution in [0.2, 0.25) is 0 Å². The van der Waals surface area contributed by atoms with E-state index in [1.54, 1.807) is 7.05 Å². The molecule has 11 heteroatoms. The van der Waals surface area contributed by atoms with Gasteiger partial charge in [-0.1, -0.05) is 0 Å². The molecule has 3 saturated heterocycles. The molecule has 3 aliphatic heterocycles. The van der Waals surface area contributed by atoms with Crippen molar-refractivity contribution in [2.45, 2.75) is 56.9 Å². The predicted octanol–water partition coefficient (Wildman–Crippen LogP) is -0.738. The van der Waals surface area contributed by atoms with Crippen molar-refractivity contribution < 1.29 is 9.59 Å². The number of nitrogens with two attached hydrogens (primary N) is 1. The lowest BCUT2D eigenvalue weighted by molar-refractivity contribution is -0.136. The summed E-state index contributed by atoms with van der Waals surface area (Å²) in [6, 6.07) is 1.66. The Morgan fingerprint density at radius 3 is 2.85 bits per heavy atom. The SMILES string of the molecule is CNC(=O)C1NCC(C(=O)N2CCCC[C@H]2c2cc3nc(N4CC[C@H](N)C4)c(C)cn3n2)N1. The summed E-state index contributed by atoms with van der Waals surface area (Å²) < 4.78 is 1.82. The molecule has 3 aliphatic rings. The molecule has 4 atom stereocenters. The van der Waals surface area contributed by atoms with E-state index >= 15 is 0 Å². The largest absolute Gasteiger partial charge is 0.357 e. The molecule has 2 aromatic rings. The number of nitrogens with one attached hydrogen (secondary N) is 3. The third-order valence-electron chi connectivity index (χ3n) is 6.98. The van der Waals surface area contributed by atoms with Gasteiger partial charge in [-0.05, 0) is 32.6 Å². The van der Waals surface area contributed by atoms with Gasteiger partial charge in [0.05, 0.1) is 11.7 Å². The normalized spacial score (nSPS) is 28.0. The molecule has 0 bridgehead atoms. The van der Waals surface area contributed by atoms with Gasteiger partial charge in [0.2, 0.25) is 5.91 Å². The van der Waals surface area contributed by atoms with Crippen molar-refractivity contribution in [3.8, 4) is 0 Å². The third kappa shape index (κ3) is 4.16. The number of anilines is 1. The number of carbonyl (C=O) groups excluding carboxylic acids is 2. The smallest absolute Gasteiger partial charge is 0.251 e. The van der Waals surface area contributed by atoms with Crippen LogP contribution in [-0.2, 0) is 9.59 Å². The van der Waals surface area contributed by atoms with Crippen LogP contribution in [-0.4, -0.2) is 82.8 Å². The van der Waals surface area contributed by atoms with Crippen molar-refractivity contribution in [2.24, 2.45) is 5.73 Å². The average molecular weight is 456 g/mol. The highest BCUT2D eigenvalue weighted by molar-refractivity contribution is 5.87. The number of aromatic nitrogens is 3. The van der Waals surface area contributed by atoms with Gasteiger partial charge < -0.3 is 20.9 Å². The van der Waals surface area contributed by atoms with Crippen LogP contribution in [0.3, 0.4) is 0 Å². The number of amides is 2. The quantitative estimate of drug-likeness (QED) is 0.474. The van der Waals surface area contributed by atoms with Crippen molar-refractivity contribution in [2.75, 3.05) is 38.1 Å². The fourth-order valence-corrected chi connectivity index (χ4v) is 5.21. The van der Waals surface area contributed by atoms with E-state index in [-0.39, 0.29) is 23.9 Å². The van der Waals surface area contributed by atoms with Crippen LogP contribution in [0.1, 0.15) is 43.0 Å². The van der Waals surface area contributed by atoms with Crippen LogP contribution in [0.4, 0.5) is 5.82 Å². The Kier molecular flexibility index (Phi) is 5.94. The topological polar surface area (TPSA) is 133 Å². The molecule has 33 heavy (non-hydrogen) atoms. The van der Waals surface area contributed by atoms with E-state index in [2.05, 4.69) is 20.9 Å². The summed E-state index contributed by atoms with van der Waals surface area (Å²) >= 11 is 0. The minimum Gasteiger partial charge on any atom is -0.357 e. The summed E-state index contributed by atoms with van der Waals surface area (Å²) in [7, 11) is 1.59. The van der Waals surface area contributed by atoms with Gasteiger partial charge >= 0.3 is 0 Å². The third-order valence-corrected chi connectivity index (χ3v) is 6.98. The molecule has 5 heterocycles. The Morgan fingerprint density at radius 1 is 1.24 bits per heavy atom. The zero-order chi connectivity index (χ0) is 23.1. The molecule has 2 unspecified atom stereocenters. The Morgan fingerprint density at radius 2 is 2.09 bits per heavy atom. The number of hydrogen-bond acceptors (Lipinski definition) is 8. The Labute approximate surface area is 193 Å². The second-order valence-electron chi connectivity index (χ2n) is 9.33. The molecule has 2 aromatic heterocycles. The zero-order valence-electron chi connectivity index (χ0n) is 19.3. The number of piperidine rings is 1. The molecule has 2 amide bonds. The number of likely N-dealkylation sites (N-methyl/N-ethyl adjacent to an activating group) is 1. The predicted molar refractivity (Wildman–Crippen MR) is 124 cm³/mol. The standard InChI is InChI=1S/C22H33N9O2/c1-13-11-31-18(27-20(13)29-8-6-14(23)12-29)9-15(28-31)17-5-3-4-7-30(17)22(33)16-10-25-19(26-16)21(32)24-2/h9,11,14,16-17,19,25-26H,3-8,10,12,23H2,1-2H3,(H,24,32)/t14-,16?,17-,19?/m0/s1. The first-order chi connectivity index (χ1) is 15.9. The van der Waals surface area contributed by atoms with Gasteiger partial charge in [0.1, 0.15) is 18.0 Å². The van der Waals surface area contributed by atoms with Crippen molar-refractivity contribution in [3.63, 3.8) is 0 Å². The van der Waals surface area contributed by atoms with E-state index in [0.29, 0.717) is 13.1 Å². The summed E-state index contributed by atoms with van der Waals surface area (Å²) in [5.41, 5.74) is 8.80. The van der Waals surface area contributed by atoms with E-state index in [1.807, 2.05) is 28.6 Å². The zero-order valence-corrected chi connectivity index (χ0v) is 19.3. The minimum absolute atomic E-state index is 0.00606. The molecule has 11 nitrogen and oxygen atoms in total. The summed E-state index contributed by atoms with van der Waals surface area (Å²) in [5, 5.41) is 13.6. The Hall–Kier alpha value is -2.76. The number of hydrogen-bond donors (Lipinski definition) is 4. The van der Waals surface area contributed by atoms with E-state index in [1.165, 1.54) is 0 Å². The van der Waals surface area contributed by atoms with E-state index in [9.17, 15) is 9.59 Å². The van der Waals surface area contributed by atoms with Crippen LogP contribution in [0.15, 0.2) is 12.3 Å². The van der Waals surface area contributed by atoms with Crippen LogP contribution in [0, 0.1) is 6.92 Å². The first kappa shape index (κ1) is 22.1. The first-order valence-corrected chi connectivity index (χ1v) is 11.8. The van der Waals surface area contributed by atoms with Gasteiger partial charge in [-0.2, -0.15) is 5.10 Å². The second kappa shape index (κ2) is 8.88. The average Bonchev–Trinajstić information content (AvgIpc) is 3.57. The van der Waals surface area contributed by atoms with Gasteiger partial charge in [-0.25, -0.2) is 9.50 Å². The summed E-state index contributed by atoms with van der Waals surface area (Å²) in [5.74, 6) is 0.795. The molecule has 0 radical (unpaired) electrons. The Bertz CT molecular complexity index is 1050. The summed E-state index contributed by atoms with van der Waals surface area (Å²) in [6.07, 6.45) is 5.30. The van der Waals surface area contributed by atoms with Gasteiger partial charge in [-0.3, -0.25) is 20.2 Å². The van der Waals surface area contributed by atoms with Crippen LogP contribution in [0.25, 0.3) is 5.65 Å². The molecule has 3 fully saturated rings. The summed E-state index contributed by atoms with van der Waals surface area (Å²) in [4.78, 5) is 34.4. The maximum atomic E-state index is 13.4. The van der Waals surface area contributed by atoms with Gasteiger partial charge in [0.25, 0.3) is 5.91 Å². The van der Waals surface area contributed by atoms with E-state index < -0.39 is 12.2 Å². The maximum Gasteiger partial charge on any atom is 0.251 e. The molecule has 0 aliphatic carbocycles. The monoisotopic (exact) mass is 455 g/mol. The molecule has 0 aromatic carbocycles. The van der Waals surface area contributed by atoms with Gasteiger partial charge in [0, 0.05) is 57.1 Å². The highest BCUT2D eigenvalue weighted by Crippen LogP contribution is 2.32.